The van der Waals surface area contributed by atoms with Gasteiger partial charge in [-0.05, 0) is 36.6 Å². The Balaban J connectivity index is 2.31. The van der Waals surface area contributed by atoms with Crippen LogP contribution in [-0.4, -0.2) is 30.4 Å². The van der Waals surface area contributed by atoms with Crippen LogP contribution in [0.5, 0.6) is 0 Å². The van der Waals surface area contributed by atoms with E-state index in [1.165, 1.54) is 0 Å². The van der Waals surface area contributed by atoms with E-state index >= 15 is 0 Å². The molecule has 0 aromatic rings. The van der Waals surface area contributed by atoms with Gasteiger partial charge >= 0.3 is 0 Å². The average Bonchev–Trinajstić information content (AvgIpc) is 2.60. The zero-order chi connectivity index (χ0) is 13.1. The first-order chi connectivity index (χ1) is 7.85. The Morgan fingerprint density at radius 2 is 2.12 bits per heavy atom. The topological polar surface area (TPSA) is 46.3 Å². The molecule has 0 aromatic heterocycles. The minimum atomic E-state index is 0.209. The molecule has 0 spiro atoms. The maximum absolute atomic E-state index is 11.8. The summed E-state index contributed by atoms with van der Waals surface area (Å²) in [6, 6.07) is 0. The molecule has 1 amide bonds. The van der Waals surface area contributed by atoms with Gasteiger partial charge in [0.2, 0.25) is 5.91 Å². The Kier molecular flexibility index (Phi) is 4.99. The van der Waals surface area contributed by atoms with Gasteiger partial charge in [-0.1, -0.05) is 27.7 Å². The normalized spacial score (nSPS) is 21.6. The molecule has 1 fully saturated rings. The molecule has 0 aliphatic carbocycles. The summed E-state index contributed by atoms with van der Waals surface area (Å²) in [4.78, 5) is 13.9. The van der Waals surface area contributed by atoms with E-state index in [9.17, 15) is 4.79 Å². The van der Waals surface area contributed by atoms with Crippen molar-refractivity contribution in [1.82, 2.24) is 4.90 Å². The van der Waals surface area contributed by atoms with E-state index in [-0.39, 0.29) is 5.41 Å². The lowest BCUT2D eigenvalue weighted by Gasteiger charge is -2.24. The Labute approximate surface area is 106 Å². The Morgan fingerprint density at radius 3 is 2.59 bits per heavy atom. The minimum absolute atomic E-state index is 0.209. The van der Waals surface area contributed by atoms with E-state index in [4.69, 9.17) is 5.73 Å². The summed E-state index contributed by atoms with van der Waals surface area (Å²) in [5.41, 5.74) is 5.92. The van der Waals surface area contributed by atoms with Crippen molar-refractivity contribution in [3.8, 4) is 0 Å². The first kappa shape index (κ1) is 14.5. The Bertz CT molecular complexity index is 261. The van der Waals surface area contributed by atoms with Gasteiger partial charge in [-0.3, -0.25) is 4.79 Å². The van der Waals surface area contributed by atoms with Gasteiger partial charge in [-0.15, -0.1) is 0 Å². The molecule has 17 heavy (non-hydrogen) atoms. The van der Waals surface area contributed by atoms with E-state index in [1.807, 2.05) is 4.90 Å². The lowest BCUT2D eigenvalue weighted by molar-refractivity contribution is -0.127. The predicted octanol–water partition coefficient (Wildman–Crippen LogP) is 2.26. The molecule has 1 aliphatic heterocycles. The van der Waals surface area contributed by atoms with Gasteiger partial charge in [0.05, 0.1) is 0 Å². The first-order valence-corrected chi connectivity index (χ1v) is 6.83. The van der Waals surface area contributed by atoms with Crippen molar-refractivity contribution in [2.24, 2.45) is 23.0 Å². The van der Waals surface area contributed by atoms with Crippen LogP contribution >= 0.6 is 0 Å². The summed E-state index contributed by atoms with van der Waals surface area (Å²) in [6.45, 7) is 11.4. The molecule has 1 atom stereocenters. The number of hydrogen-bond acceptors (Lipinski definition) is 2. The molecule has 1 unspecified atom stereocenters. The van der Waals surface area contributed by atoms with Crippen molar-refractivity contribution in [2.75, 3.05) is 19.6 Å². The SMILES string of the molecule is CC(C)C1CC(=O)N(CCCC(C)(C)CN)C1. The molecular weight excluding hydrogens is 212 g/mol. The molecule has 0 saturated carbocycles. The van der Waals surface area contributed by atoms with Crippen LogP contribution in [0.2, 0.25) is 0 Å². The quantitative estimate of drug-likeness (QED) is 0.774. The summed E-state index contributed by atoms with van der Waals surface area (Å²) in [7, 11) is 0. The van der Waals surface area contributed by atoms with Crippen LogP contribution in [0.3, 0.4) is 0 Å². The molecule has 3 nitrogen and oxygen atoms in total. The van der Waals surface area contributed by atoms with Crippen molar-refractivity contribution in [1.29, 1.82) is 0 Å². The fourth-order valence-corrected chi connectivity index (χ4v) is 2.32. The van der Waals surface area contributed by atoms with Crippen LogP contribution in [0.25, 0.3) is 0 Å². The number of nitrogens with two attached hydrogens (primary N) is 1. The molecule has 100 valence electrons. The minimum Gasteiger partial charge on any atom is -0.342 e. The zero-order valence-corrected chi connectivity index (χ0v) is 11.8. The summed E-state index contributed by atoms with van der Waals surface area (Å²) in [5.74, 6) is 1.52. The summed E-state index contributed by atoms with van der Waals surface area (Å²) in [5, 5.41) is 0. The van der Waals surface area contributed by atoms with E-state index in [0.717, 1.165) is 38.9 Å². The van der Waals surface area contributed by atoms with Crippen LogP contribution in [0.1, 0.15) is 47.0 Å². The second-order valence-corrected chi connectivity index (χ2v) is 6.52. The highest BCUT2D eigenvalue weighted by Crippen LogP contribution is 2.26. The van der Waals surface area contributed by atoms with Crippen molar-refractivity contribution in [3.05, 3.63) is 0 Å². The van der Waals surface area contributed by atoms with Crippen molar-refractivity contribution >= 4 is 5.91 Å². The molecule has 1 saturated heterocycles. The highest BCUT2D eigenvalue weighted by Gasteiger charge is 2.31. The highest BCUT2D eigenvalue weighted by molar-refractivity contribution is 5.78. The predicted molar refractivity (Wildman–Crippen MR) is 71.6 cm³/mol. The molecule has 0 bridgehead atoms. The van der Waals surface area contributed by atoms with Gasteiger partial charge < -0.3 is 10.6 Å². The van der Waals surface area contributed by atoms with Gasteiger partial charge in [0, 0.05) is 19.5 Å². The first-order valence-electron chi connectivity index (χ1n) is 6.83. The largest absolute Gasteiger partial charge is 0.342 e. The van der Waals surface area contributed by atoms with Crippen LogP contribution in [0.15, 0.2) is 0 Å². The molecule has 0 radical (unpaired) electrons. The third-order valence-electron chi connectivity index (χ3n) is 4.02. The molecule has 0 aromatic carbocycles. The monoisotopic (exact) mass is 240 g/mol. The number of hydrogen-bond donors (Lipinski definition) is 1. The van der Waals surface area contributed by atoms with Crippen molar-refractivity contribution in [3.63, 3.8) is 0 Å². The zero-order valence-electron chi connectivity index (χ0n) is 11.8. The van der Waals surface area contributed by atoms with Crippen LogP contribution < -0.4 is 5.73 Å². The number of likely N-dealkylation sites (tertiary alicyclic amines) is 1. The smallest absolute Gasteiger partial charge is 0.222 e. The van der Waals surface area contributed by atoms with E-state index < -0.39 is 0 Å². The third-order valence-corrected chi connectivity index (χ3v) is 4.02. The van der Waals surface area contributed by atoms with Crippen molar-refractivity contribution < 1.29 is 4.79 Å². The highest BCUT2D eigenvalue weighted by atomic mass is 16.2. The van der Waals surface area contributed by atoms with Gasteiger partial charge in [-0.25, -0.2) is 0 Å². The molecule has 3 heteroatoms. The van der Waals surface area contributed by atoms with E-state index in [2.05, 4.69) is 27.7 Å². The van der Waals surface area contributed by atoms with Gasteiger partial charge in [0.15, 0.2) is 0 Å². The molecule has 1 aliphatic rings. The number of carbonyl (C=O) groups excluding carboxylic acids is 1. The summed E-state index contributed by atoms with van der Waals surface area (Å²) >= 11 is 0. The standard InChI is InChI=1S/C14H28N2O/c1-11(2)12-8-13(17)16(9-12)7-5-6-14(3,4)10-15/h11-12H,5-10,15H2,1-4H3. The molecule has 2 N–H and O–H groups in total. The number of carbonyl (C=O) groups is 1. The van der Waals surface area contributed by atoms with Crippen LogP contribution in [-0.2, 0) is 4.79 Å². The second kappa shape index (κ2) is 5.85. The Hall–Kier alpha value is -0.570. The van der Waals surface area contributed by atoms with Crippen molar-refractivity contribution in [2.45, 2.75) is 47.0 Å². The van der Waals surface area contributed by atoms with Gasteiger partial charge in [0.1, 0.15) is 0 Å². The fraction of sp³-hybridized carbons (Fsp3) is 0.929. The number of nitrogens with zero attached hydrogens (tertiary/aromatic N) is 1. The van der Waals surface area contributed by atoms with Crippen LogP contribution in [0, 0.1) is 17.3 Å². The fourth-order valence-electron chi connectivity index (χ4n) is 2.32. The lowest BCUT2D eigenvalue weighted by atomic mass is 9.88. The second-order valence-electron chi connectivity index (χ2n) is 6.52. The number of rotatable bonds is 6. The molecule has 1 heterocycles. The van der Waals surface area contributed by atoms with Crippen LogP contribution in [0.4, 0.5) is 0 Å². The van der Waals surface area contributed by atoms with Gasteiger partial charge in [-0.2, -0.15) is 0 Å². The van der Waals surface area contributed by atoms with E-state index in [1.54, 1.807) is 0 Å². The maximum atomic E-state index is 11.8. The Morgan fingerprint density at radius 1 is 1.47 bits per heavy atom. The van der Waals surface area contributed by atoms with E-state index in [0.29, 0.717) is 17.7 Å². The average molecular weight is 240 g/mol. The summed E-state index contributed by atoms with van der Waals surface area (Å²) in [6.07, 6.45) is 2.92. The maximum Gasteiger partial charge on any atom is 0.222 e. The van der Waals surface area contributed by atoms with Gasteiger partial charge in [0.25, 0.3) is 0 Å². The summed E-state index contributed by atoms with van der Waals surface area (Å²) < 4.78 is 0. The molecular formula is C14H28N2O. The lowest BCUT2D eigenvalue weighted by Crippen LogP contribution is -2.29. The number of amides is 1. The molecule has 1 rings (SSSR count). The third kappa shape index (κ3) is 4.30.